The molecule has 2 heterocycles. The second-order valence-electron chi connectivity index (χ2n) is 4.14. The third-order valence-corrected chi connectivity index (χ3v) is 2.60. The van der Waals surface area contributed by atoms with E-state index in [1.54, 1.807) is 17.1 Å². The van der Waals surface area contributed by atoms with Gasteiger partial charge in [-0.3, -0.25) is 4.68 Å². The lowest BCUT2D eigenvalue weighted by Gasteiger charge is -2.06. The molecule has 2 N–H and O–H groups in total. The summed E-state index contributed by atoms with van der Waals surface area (Å²) in [5.41, 5.74) is 6.13. The molecule has 2 rings (SSSR count). The summed E-state index contributed by atoms with van der Waals surface area (Å²) in [6, 6.07) is 1.44. The highest BCUT2D eigenvalue weighted by Gasteiger charge is 2.13. The molecule has 0 atom stereocenters. The van der Waals surface area contributed by atoms with Crippen LogP contribution in [-0.2, 0) is 11.3 Å². The number of rotatable bonds is 5. The average molecular weight is 276 g/mol. The number of pyridine rings is 1. The summed E-state index contributed by atoms with van der Waals surface area (Å²) in [5, 5.41) is 4.14. The third kappa shape index (κ3) is 3.05. The molecular weight excluding hydrogens is 260 g/mol. The van der Waals surface area contributed by atoms with Crippen LogP contribution in [-0.4, -0.2) is 27.8 Å². The fourth-order valence-electron chi connectivity index (χ4n) is 1.66. The smallest absolute Gasteiger partial charge is 0.340 e. The van der Waals surface area contributed by atoms with Gasteiger partial charge in [0.15, 0.2) is 5.75 Å². The van der Waals surface area contributed by atoms with Crippen molar-refractivity contribution in [1.82, 2.24) is 14.8 Å². The zero-order valence-electron chi connectivity index (χ0n) is 11.4. The van der Waals surface area contributed by atoms with Crippen LogP contribution in [0.4, 0.5) is 5.69 Å². The fraction of sp³-hybridized carbons (Fsp3) is 0.308. The van der Waals surface area contributed by atoms with Crippen molar-refractivity contribution in [3.63, 3.8) is 0 Å². The van der Waals surface area contributed by atoms with Crippen molar-refractivity contribution in [3.8, 4) is 11.6 Å². The predicted molar refractivity (Wildman–Crippen MR) is 72.6 cm³/mol. The van der Waals surface area contributed by atoms with Crippen molar-refractivity contribution in [1.29, 1.82) is 0 Å². The molecule has 7 heteroatoms. The van der Waals surface area contributed by atoms with Crippen molar-refractivity contribution < 1.29 is 14.3 Å². The van der Waals surface area contributed by atoms with Gasteiger partial charge in [0, 0.05) is 12.6 Å². The molecular formula is C13H16N4O3. The van der Waals surface area contributed by atoms with Gasteiger partial charge in [0.1, 0.15) is 0 Å². The summed E-state index contributed by atoms with van der Waals surface area (Å²) in [7, 11) is 1.29. The maximum Gasteiger partial charge on any atom is 0.340 e. The van der Waals surface area contributed by atoms with E-state index in [1.165, 1.54) is 19.4 Å². The van der Waals surface area contributed by atoms with Crippen LogP contribution >= 0.6 is 0 Å². The molecule has 0 radical (unpaired) electrons. The number of hydrogen-bond donors (Lipinski definition) is 1. The summed E-state index contributed by atoms with van der Waals surface area (Å²) in [6.45, 7) is 2.87. The number of methoxy groups -OCH3 is 1. The second-order valence-corrected chi connectivity index (χ2v) is 4.14. The van der Waals surface area contributed by atoms with Gasteiger partial charge in [0.25, 0.3) is 0 Å². The Morgan fingerprint density at radius 2 is 2.25 bits per heavy atom. The van der Waals surface area contributed by atoms with Gasteiger partial charge in [-0.15, -0.1) is 0 Å². The van der Waals surface area contributed by atoms with Crippen LogP contribution in [0.5, 0.6) is 11.6 Å². The lowest BCUT2D eigenvalue weighted by atomic mass is 10.2. The second kappa shape index (κ2) is 6.05. The molecule has 0 amide bonds. The lowest BCUT2D eigenvalue weighted by molar-refractivity contribution is 0.0601. The quantitative estimate of drug-likeness (QED) is 0.838. The average Bonchev–Trinajstić information content (AvgIpc) is 2.88. The highest BCUT2D eigenvalue weighted by Crippen LogP contribution is 2.22. The van der Waals surface area contributed by atoms with Gasteiger partial charge in [-0.05, 0) is 6.42 Å². The highest BCUT2D eigenvalue weighted by molar-refractivity contribution is 5.95. The Hall–Kier alpha value is -2.57. The Morgan fingerprint density at radius 3 is 2.95 bits per heavy atom. The Morgan fingerprint density at radius 1 is 1.45 bits per heavy atom. The maximum absolute atomic E-state index is 11.5. The van der Waals surface area contributed by atoms with Gasteiger partial charge in [0.05, 0.1) is 37.0 Å². The first-order valence-electron chi connectivity index (χ1n) is 6.18. The van der Waals surface area contributed by atoms with E-state index in [9.17, 15) is 4.79 Å². The first-order chi connectivity index (χ1) is 9.63. The number of nitrogen functional groups attached to an aromatic ring is 1. The number of aromatic nitrogens is 3. The molecule has 0 saturated carbocycles. The highest BCUT2D eigenvalue weighted by atomic mass is 16.5. The molecule has 0 fully saturated rings. The summed E-state index contributed by atoms with van der Waals surface area (Å²) >= 11 is 0. The molecule has 0 aliphatic rings. The van der Waals surface area contributed by atoms with E-state index in [2.05, 4.69) is 21.7 Å². The molecule has 0 unspecified atom stereocenters. The van der Waals surface area contributed by atoms with Crippen molar-refractivity contribution in [2.24, 2.45) is 0 Å². The number of aryl methyl sites for hydroxylation is 1. The number of carbonyl (C=O) groups excluding carboxylic acids is 1. The molecule has 0 aliphatic heterocycles. The van der Waals surface area contributed by atoms with Crippen LogP contribution in [0.1, 0.15) is 23.7 Å². The number of carbonyl (C=O) groups is 1. The minimum atomic E-state index is -0.531. The Labute approximate surface area is 116 Å². The van der Waals surface area contributed by atoms with E-state index >= 15 is 0 Å². The van der Waals surface area contributed by atoms with Crippen LogP contribution in [0.2, 0.25) is 0 Å². The minimum Gasteiger partial charge on any atom is -0.465 e. The summed E-state index contributed by atoms with van der Waals surface area (Å²) < 4.78 is 11.9. The number of esters is 1. The molecule has 0 aliphatic carbocycles. The van der Waals surface area contributed by atoms with Crippen LogP contribution in [0.15, 0.2) is 24.7 Å². The van der Waals surface area contributed by atoms with E-state index in [1.807, 2.05) is 0 Å². The molecule has 0 saturated heterocycles. The Bertz CT molecular complexity index is 609. The van der Waals surface area contributed by atoms with Crippen molar-refractivity contribution >= 4 is 11.7 Å². The van der Waals surface area contributed by atoms with Crippen molar-refractivity contribution in [2.75, 3.05) is 12.8 Å². The molecule has 2 aromatic heterocycles. The van der Waals surface area contributed by atoms with Crippen LogP contribution in [0.3, 0.4) is 0 Å². The van der Waals surface area contributed by atoms with Gasteiger partial charge >= 0.3 is 5.97 Å². The molecule has 0 spiro atoms. The van der Waals surface area contributed by atoms with Gasteiger partial charge in [-0.2, -0.15) is 5.10 Å². The summed E-state index contributed by atoms with van der Waals surface area (Å²) in [5.74, 6) is 0.276. The van der Waals surface area contributed by atoms with E-state index < -0.39 is 5.97 Å². The Kier molecular flexibility index (Phi) is 4.19. The van der Waals surface area contributed by atoms with E-state index in [-0.39, 0.29) is 17.1 Å². The molecule has 7 nitrogen and oxygen atoms in total. The fourth-order valence-corrected chi connectivity index (χ4v) is 1.66. The van der Waals surface area contributed by atoms with Gasteiger partial charge in [0.2, 0.25) is 5.88 Å². The lowest BCUT2D eigenvalue weighted by Crippen LogP contribution is -2.06. The van der Waals surface area contributed by atoms with E-state index in [0.717, 1.165) is 13.0 Å². The zero-order valence-corrected chi connectivity index (χ0v) is 11.4. The van der Waals surface area contributed by atoms with Gasteiger partial charge in [-0.1, -0.05) is 6.92 Å². The zero-order chi connectivity index (χ0) is 14.5. The van der Waals surface area contributed by atoms with Crippen LogP contribution in [0, 0.1) is 0 Å². The number of nitrogens with two attached hydrogens (primary N) is 1. The summed E-state index contributed by atoms with van der Waals surface area (Å²) in [6.07, 6.45) is 5.69. The van der Waals surface area contributed by atoms with Gasteiger partial charge < -0.3 is 15.2 Å². The topological polar surface area (TPSA) is 92.3 Å². The number of anilines is 1. The Balaban J connectivity index is 2.18. The minimum absolute atomic E-state index is 0.221. The standard InChI is InChI=1S/C13H16N4O3/c1-3-4-17-8-9(6-16-17)20-12-5-10(13(18)19-2)11(14)7-15-12/h5-8H,3-4,14H2,1-2H3. The molecule has 2 aromatic rings. The van der Waals surface area contributed by atoms with Gasteiger partial charge in [-0.25, -0.2) is 9.78 Å². The number of ether oxygens (including phenoxy) is 2. The predicted octanol–water partition coefficient (Wildman–Crippen LogP) is 1.85. The third-order valence-electron chi connectivity index (χ3n) is 2.60. The monoisotopic (exact) mass is 276 g/mol. The van der Waals surface area contributed by atoms with E-state index in [0.29, 0.717) is 5.75 Å². The first kappa shape index (κ1) is 13.9. The largest absolute Gasteiger partial charge is 0.465 e. The summed E-state index contributed by atoms with van der Waals surface area (Å²) in [4.78, 5) is 15.5. The molecule has 106 valence electrons. The molecule has 20 heavy (non-hydrogen) atoms. The van der Waals surface area contributed by atoms with Crippen LogP contribution in [0.25, 0.3) is 0 Å². The molecule has 0 bridgehead atoms. The first-order valence-corrected chi connectivity index (χ1v) is 6.18. The maximum atomic E-state index is 11.5. The molecule has 0 aromatic carbocycles. The SMILES string of the molecule is CCCn1cc(Oc2cc(C(=O)OC)c(N)cn2)cn1. The normalized spacial score (nSPS) is 10.3. The van der Waals surface area contributed by atoms with E-state index in [4.69, 9.17) is 10.5 Å². The van der Waals surface area contributed by atoms with Crippen molar-refractivity contribution in [2.45, 2.75) is 19.9 Å². The number of hydrogen-bond acceptors (Lipinski definition) is 6. The van der Waals surface area contributed by atoms with Crippen LogP contribution < -0.4 is 10.5 Å². The number of nitrogens with zero attached hydrogens (tertiary/aromatic N) is 3. The van der Waals surface area contributed by atoms with Crippen molar-refractivity contribution in [3.05, 3.63) is 30.2 Å².